The van der Waals surface area contributed by atoms with E-state index in [-0.39, 0.29) is 57.8 Å². The maximum Gasteiger partial charge on any atom is 0.217 e. The van der Waals surface area contributed by atoms with Crippen molar-refractivity contribution in [2.24, 2.45) is 22.7 Å². The largest absolute Gasteiger partial charge is 0.387 e. The van der Waals surface area contributed by atoms with Gasteiger partial charge < -0.3 is 30.3 Å². The van der Waals surface area contributed by atoms with E-state index in [2.05, 4.69) is 52.2 Å². The number of amides is 2. The predicted octanol–water partition coefficient (Wildman–Crippen LogP) is 4.78. The van der Waals surface area contributed by atoms with E-state index in [9.17, 15) is 19.8 Å². The van der Waals surface area contributed by atoms with E-state index in [1.165, 1.54) is 0 Å². The molecule has 8 nitrogen and oxygen atoms in total. The third kappa shape index (κ3) is 4.51. The Bertz CT molecular complexity index is 1030. The van der Waals surface area contributed by atoms with Crippen molar-refractivity contribution < 1.29 is 29.3 Å². The molecule has 2 spiro atoms. The van der Waals surface area contributed by atoms with Crippen LogP contribution in [0.15, 0.2) is 0 Å². The van der Waals surface area contributed by atoms with E-state index in [1.807, 2.05) is 13.8 Å². The molecule has 0 aromatic carbocycles. The van der Waals surface area contributed by atoms with E-state index in [0.717, 1.165) is 64.2 Å². The summed E-state index contributed by atoms with van der Waals surface area (Å²) < 4.78 is 13.1. The van der Waals surface area contributed by atoms with Gasteiger partial charge in [-0.3, -0.25) is 9.59 Å². The van der Waals surface area contributed by atoms with Crippen molar-refractivity contribution in [1.82, 2.24) is 10.6 Å². The van der Waals surface area contributed by atoms with Gasteiger partial charge in [0, 0.05) is 25.7 Å². The SMILES string of the molecule is CC(=O)N[C@H]1[C@H]2C(C)(C)CCC[C@](C)(O)[C@@]23CC[C@]1(C)O3.CC(=O)N[C@H]1[C@H]2C(C)(C)CCC[C@](C)(O)[C@@]23CC[C@]1(C)O3. The van der Waals surface area contributed by atoms with Crippen LogP contribution in [0.3, 0.4) is 0 Å². The van der Waals surface area contributed by atoms with Crippen molar-refractivity contribution in [1.29, 1.82) is 0 Å². The van der Waals surface area contributed by atoms with Gasteiger partial charge in [-0.25, -0.2) is 0 Å². The average molecular weight is 591 g/mol. The third-order valence-electron chi connectivity index (χ3n) is 13.0. The van der Waals surface area contributed by atoms with Crippen LogP contribution in [0.4, 0.5) is 0 Å². The molecule has 10 atom stereocenters. The summed E-state index contributed by atoms with van der Waals surface area (Å²) in [5, 5.41) is 28.6. The van der Waals surface area contributed by atoms with Crippen LogP contribution in [0.2, 0.25) is 0 Å². The lowest BCUT2D eigenvalue weighted by molar-refractivity contribution is -0.180. The van der Waals surface area contributed by atoms with Gasteiger partial charge in [-0.15, -0.1) is 0 Å². The lowest BCUT2D eigenvalue weighted by Crippen LogP contribution is -2.62. The van der Waals surface area contributed by atoms with Gasteiger partial charge in [-0.2, -0.15) is 0 Å². The highest BCUT2D eigenvalue weighted by atomic mass is 16.6. The number of hydrogen-bond acceptors (Lipinski definition) is 6. The highest BCUT2D eigenvalue weighted by molar-refractivity contribution is 5.74. The molecule has 2 amide bonds. The first-order valence-electron chi connectivity index (χ1n) is 16.5. The molecule has 42 heavy (non-hydrogen) atoms. The van der Waals surface area contributed by atoms with Gasteiger partial charge in [-0.05, 0) is 103 Å². The molecular formula is C34H58N2O6. The summed E-state index contributed by atoms with van der Waals surface area (Å²) in [6.45, 7) is 20.3. The summed E-state index contributed by atoms with van der Waals surface area (Å²) in [5.41, 5.74) is -3.29. The second-order valence-corrected chi connectivity index (χ2v) is 17.2. The molecule has 8 heteroatoms. The van der Waals surface area contributed by atoms with Crippen molar-refractivity contribution in [2.75, 3.05) is 0 Å². The molecule has 2 aliphatic carbocycles. The van der Waals surface area contributed by atoms with Crippen LogP contribution in [-0.4, -0.2) is 67.7 Å². The van der Waals surface area contributed by atoms with E-state index in [1.54, 1.807) is 13.8 Å². The van der Waals surface area contributed by atoms with Crippen LogP contribution in [0, 0.1) is 22.7 Å². The van der Waals surface area contributed by atoms with Crippen molar-refractivity contribution in [3.8, 4) is 0 Å². The summed E-state index contributed by atoms with van der Waals surface area (Å²) in [6, 6.07) is -0.0216. The first-order chi connectivity index (χ1) is 19.1. The number of aliphatic hydroxyl groups is 2. The van der Waals surface area contributed by atoms with Crippen molar-refractivity contribution in [2.45, 2.75) is 179 Å². The molecule has 4 N–H and O–H groups in total. The minimum absolute atomic E-state index is 0.00721. The number of ether oxygens (including phenoxy) is 2. The summed E-state index contributed by atoms with van der Waals surface area (Å²) in [7, 11) is 0. The van der Waals surface area contributed by atoms with Gasteiger partial charge in [0.25, 0.3) is 0 Å². The molecule has 0 aromatic heterocycles. The van der Waals surface area contributed by atoms with Crippen molar-refractivity contribution in [3.63, 3.8) is 0 Å². The fourth-order valence-electron chi connectivity index (χ4n) is 11.0. The zero-order chi connectivity index (χ0) is 31.4. The number of fused-ring (bicyclic) bond motifs is 2. The number of rotatable bonds is 2. The fraction of sp³-hybridized carbons (Fsp3) is 0.941. The minimum atomic E-state index is -0.823. The highest BCUT2D eigenvalue weighted by Gasteiger charge is 2.75. The molecule has 2 saturated carbocycles. The smallest absolute Gasteiger partial charge is 0.217 e. The molecule has 240 valence electrons. The Morgan fingerprint density at radius 2 is 0.905 bits per heavy atom. The van der Waals surface area contributed by atoms with Crippen LogP contribution < -0.4 is 10.6 Å². The van der Waals surface area contributed by atoms with Crippen LogP contribution in [-0.2, 0) is 19.1 Å². The molecule has 6 fully saturated rings. The van der Waals surface area contributed by atoms with Crippen molar-refractivity contribution >= 4 is 11.8 Å². The van der Waals surface area contributed by atoms with Crippen LogP contribution in [0.5, 0.6) is 0 Å². The van der Waals surface area contributed by atoms with Crippen LogP contribution in [0.25, 0.3) is 0 Å². The van der Waals surface area contributed by atoms with E-state index in [0.29, 0.717) is 0 Å². The average Bonchev–Trinajstić information content (AvgIpc) is 3.48. The number of carbonyl (C=O) groups is 2. The Labute approximate surface area is 253 Å². The number of nitrogens with one attached hydrogen (secondary N) is 2. The minimum Gasteiger partial charge on any atom is -0.387 e. The number of hydrogen-bond donors (Lipinski definition) is 4. The maximum atomic E-state index is 11.7. The quantitative estimate of drug-likeness (QED) is 0.368. The molecule has 0 radical (unpaired) electrons. The Morgan fingerprint density at radius 3 is 1.21 bits per heavy atom. The van der Waals surface area contributed by atoms with Gasteiger partial charge in [-0.1, -0.05) is 27.7 Å². The normalized spacial score (nSPS) is 51.3. The lowest BCUT2D eigenvalue weighted by atomic mass is 9.57. The van der Waals surface area contributed by atoms with Crippen LogP contribution in [0.1, 0.15) is 133 Å². The summed E-state index contributed by atoms with van der Waals surface area (Å²) in [4.78, 5) is 23.4. The summed E-state index contributed by atoms with van der Waals surface area (Å²) >= 11 is 0. The maximum absolute atomic E-state index is 11.7. The fourth-order valence-corrected chi connectivity index (χ4v) is 11.0. The van der Waals surface area contributed by atoms with Gasteiger partial charge >= 0.3 is 0 Å². The Hall–Kier alpha value is -1.22. The lowest BCUT2D eigenvalue weighted by Gasteiger charge is -2.49. The first-order valence-corrected chi connectivity index (χ1v) is 16.5. The zero-order valence-electron chi connectivity index (χ0n) is 27.9. The van der Waals surface area contributed by atoms with E-state index in [4.69, 9.17) is 9.47 Å². The molecule has 4 heterocycles. The van der Waals surface area contributed by atoms with Gasteiger partial charge in [0.2, 0.25) is 11.8 Å². The second kappa shape index (κ2) is 9.64. The van der Waals surface area contributed by atoms with E-state index < -0.39 is 22.4 Å². The van der Waals surface area contributed by atoms with Gasteiger partial charge in [0.15, 0.2) is 0 Å². The molecular weight excluding hydrogens is 532 g/mol. The third-order valence-corrected chi connectivity index (χ3v) is 13.0. The first kappa shape index (κ1) is 32.2. The van der Waals surface area contributed by atoms with Crippen molar-refractivity contribution in [3.05, 3.63) is 0 Å². The summed E-state index contributed by atoms with van der Waals surface area (Å²) in [6.07, 6.45) is 9.26. The molecule has 4 aliphatic heterocycles. The van der Waals surface area contributed by atoms with Gasteiger partial charge in [0.05, 0.1) is 34.5 Å². The molecule has 4 saturated heterocycles. The molecule has 6 rings (SSSR count). The zero-order valence-corrected chi connectivity index (χ0v) is 27.9. The van der Waals surface area contributed by atoms with Gasteiger partial charge in [0.1, 0.15) is 11.2 Å². The Kier molecular flexibility index (Phi) is 7.39. The van der Waals surface area contributed by atoms with Crippen LogP contribution >= 0.6 is 0 Å². The summed E-state index contributed by atoms with van der Waals surface area (Å²) in [5.74, 6) is 0.301. The second-order valence-electron chi connectivity index (χ2n) is 17.2. The number of carbonyl (C=O) groups excluding carboxylic acids is 2. The molecule has 6 aliphatic rings. The predicted molar refractivity (Wildman–Crippen MR) is 162 cm³/mol. The standard InChI is InChI=1S/2C17H29NO3/c2*1-11(19)18-13-12-14(2,3)7-6-8-16(5,20)17(12)10-9-15(13,4)21-17/h2*12-13,20H,6-10H2,1-5H3,(H,18,19)/t2*12-,13-,15-,16-,17+/m00/s1. The molecule has 0 aromatic rings. The van der Waals surface area contributed by atoms with E-state index >= 15 is 0 Å². The monoisotopic (exact) mass is 590 g/mol. The molecule has 0 unspecified atom stereocenters. The topological polar surface area (TPSA) is 117 Å². The Balaban J connectivity index is 0.000000168. The highest BCUT2D eigenvalue weighted by Crippen LogP contribution is 2.67. The Morgan fingerprint density at radius 1 is 0.571 bits per heavy atom. The molecule has 4 bridgehead atoms.